The summed E-state index contributed by atoms with van der Waals surface area (Å²) in [5.41, 5.74) is 6.23. The largest absolute Gasteiger partial charge is 0.389 e. The third kappa shape index (κ3) is 1.94. The maximum absolute atomic E-state index is 12.4. The van der Waals surface area contributed by atoms with Gasteiger partial charge in [-0.05, 0) is 10.8 Å². The molecule has 1 aromatic heterocycles. The van der Waals surface area contributed by atoms with E-state index in [1.807, 2.05) is 0 Å². The number of aromatic nitrogens is 2. The molecule has 6 heteroatoms. The first kappa shape index (κ1) is 14.0. The van der Waals surface area contributed by atoms with Crippen molar-refractivity contribution < 1.29 is 4.79 Å². The highest BCUT2D eigenvalue weighted by Crippen LogP contribution is 2.68. The normalized spacial score (nSPS) is 20.1. The minimum Gasteiger partial charge on any atom is -0.389 e. The van der Waals surface area contributed by atoms with Crippen molar-refractivity contribution in [1.29, 1.82) is 0 Å². The summed E-state index contributed by atoms with van der Waals surface area (Å²) >= 11 is 4.96. The molecule has 0 spiro atoms. The van der Waals surface area contributed by atoms with Crippen LogP contribution in [0.1, 0.15) is 33.3 Å². The number of anilines is 1. The molecule has 0 aliphatic heterocycles. The van der Waals surface area contributed by atoms with Gasteiger partial charge < -0.3 is 11.1 Å². The van der Waals surface area contributed by atoms with Gasteiger partial charge >= 0.3 is 0 Å². The van der Waals surface area contributed by atoms with Gasteiger partial charge in [0.15, 0.2) is 0 Å². The molecule has 0 aromatic carbocycles. The van der Waals surface area contributed by atoms with Crippen molar-refractivity contribution >= 4 is 28.9 Å². The number of carbonyl (C=O) groups is 1. The number of amides is 1. The van der Waals surface area contributed by atoms with Crippen LogP contribution in [0.25, 0.3) is 0 Å². The molecule has 1 heterocycles. The zero-order valence-electron chi connectivity index (χ0n) is 11.9. The van der Waals surface area contributed by atoms with E-state index in [1.165, 1.54) is 0 Å². The molecule has 1 amide bonds. The van der Waals surface area contributed by atoms with Gasteiger partial charge in [-0.3, -0.25) is 9.48 Å². The van der Waals surface area contributed by atoms with Gasteiger partial charge in [0.05, 0.1) is 11.8 Å². The van der Waals surface area contributed by atoms with Crippen molar-refractivity contribution in [3.63, 3.8) is 0 Å². The van der Waals surface area contributed by atoms with Gasteiger partial charge in [-0.1, -0.05) is 39.9 Å². The zero-order chi connectivity index (χ0) is 14.6. The maximum atomic E-state index is 12.4. The molecule has 104 valence electrons. The van der Waals surface area contributed by atoms with Gasteiger partial charge in [-0.15, -0.1) is 0 Å². The van der Waals surface area contributed by atoms with E-state index in [9.17, 15) is 4.79 Å². The summed E-state index contributed by atoms with van der Waals surface area (Å²) < 4.78 is 1.58. The van der Waals surface area contributed by atoms with E-state index in [2.05, 4.69) is 38.1 Å². The van der Waals surface area contributed by atoms with Gasteiger partial charge in [0.25, 0.3) is 0 Å². The highest BCUT2D eigenvalue weighted by atomic mass is 32.1. The van der Waals surface area contributed by atoms with Gasteiger partial charge in [0, 0.05) is 13.0 Å². The van der Waals surface area contributed by atoms with E-state index >= 15 is 0 Å². The van der Waals surface area contributed by atoms with Gasteiger partial charge in [0.1, 0.15) is 10.8 Å². The van der Waals surface area contributed by atoms with Gasteiger partial charge in [-0.2, -0.15) is 5.10 Å². The molecule has 0 radical (unpaired) electrons. The summed E-state index contributed by atoms with van der Waals surface area (Å²) in [5, 5.41) is 6.99. The second-order valence-electron chi connectivity index (χ2n) is 6.26. The summed E-state index contributed by atoms with van der Waals surface area (Å²) in [6.07, 6.45) is 1.57. The van der Waals surface area contributed by atoms with Crippen LogP contribution in [0.5, 0.6) is 0 Å². The maximum Gasteiger partial charge on any atom is 0.229 e. The summed E-state index contributed by atoms with van der Waals surface area (Å²) in [4.78, 5) is 12.6. The number of aryl methyl sites for hydroxylation is 1. The molecule has 1 aliphatic carbocycles. The SMILES string of the molecule is Cn1ncc(C(N)=S)c1NC(=O)C1C(C)(C)C1(C)C. The number of thiocarbonyl (C=S) groups is 1. The van der Waals surface area contributed by atoms with Crippen molar-refractivity contribution in [2.75, 3.05) is 5.32 Å². The fourth-order valence-electron chi connectivity index (χ4n) is 2.81. The van der Waals surface area contributed by atoms with Crippen LogP contribution in [-0.4, -0.2) is 20.7 Å². The van der Waals surface area contributed by atoms with E-state index in [-0.39, 0.29) is 27.6 Å². The lowest BCUT2D eigenvalue weighted by molar-refractivity contribution is -0.118. The van der Waals surface area contributed by atoms with Crippen molar-refractivity contribution in [3.8, 4) is 0 Å². The first-order valence-corrected chi connectivity index (χ1v) is 6.64. The lowest BCUT2D eigenvalue weighted by Gasteiger charge is -2.08. The van der Waals surface area contributed by atoms with Crippen LogP contribution in [0.4, 0.5) is 5.82 Å². The van der Waals surface area contributed by atoms with Gasteiger partial charge in [0.2, 0.25) is 5.91 Å². The van der Waals surface area contributed by atoms with E-state index in [4.69, 9.17) is 18.0 Å². The highest BCUT2D eigenvalue weighted by Gasteiger charge is 2.68. The number of nitrogens with two attached hydrogens (primary N) is 1. The van der Waals surface area contributed by atoms with Crippen LogP contribution in [0.3, 0.4) is 0 Å². The summed E-state index contributed by atoms with van der Waals surface area (Å²) in [6, 6.07) is 0. The second-order valence-corrected chi connectivity index (χ2v) is 6.70. The van der Waals surface area contributed by atoms with Crippen LogP contribution in [0.2, 0.25) is 0 Å². The third-order valence-electron chi connectivity index (χ3n) is 4.73. The van der Waals surface area contributed by atoms with E-state index in [0.29, 0.717) is 11.4 Å². The van der Waals surface area contributed by atoms with Crippen LogP contribution < -0.4 is 11.1 Å². The van der Waals surface area contributed by atoms with Crippen LogP contribution >= 0.6 is 12.2 Å². The van der Waals surface area contributed by atoms with Crippen molar-refractivity contribution in [1.82, 2.24) is 9.78 Å². The highest BCUT2D eigenvalue weighted by molar-refractivity contribution is 7.80. The second kappa shape index (κ2) is 4.03. The molecule has 1 saturated carbocycles. The number of nitrogens with zero attached hydrogens (tertiary/aromatic N) is 2. The molecule has 1 fully saturated rings. The average molecular weight is 280 g/mol. The van der Waals surface area contributed by atoms with Crippen LogP contribution in [-0.2, 0) is 11.8 Å². The monoisotopic (exact) mass is 280 g/mol. The molecule has 1 aromatic rings. The Morgan fingerprint density at radius 2 is 1.95 bits per heavy atom. The third-order valence-corrected chi connectivity index (χ3v) is 4.95. The topological polar surface area (TPSA) is 72.9 Å². The molecule has 19 heavy (non-hydrogen) atoms. The Bertz CT molecular complexity index is 545. The zero-order valence-corrected chi connectivity index (χ0v) is 12.8. The molecule has 2 rings (SSSR count). The molecule has 0 bridgehead atoms. The Balaban J connectivity index is 2.22. The molecule has 1 aliphatic rings. The summed E-state index contributed by atoms with van der Waals surface area (Å²) in [7, 11) is 1.75. The lowest BCUT2D eigenvalue weighted by atomic mass is 10.0. The Morgan fingerprint density at radius 1 is 1.42 bits per heavy atom. The molecular formula is C13H20N4OS. The van der Waals surface area contributed by atoms with E-state index in [1.54, 1.807) is 17.9 Å². The standard InChI is InChI=1S/C13H20N4OS/c1-12(2)8(13(12,3)4)11(18)16-10-7(9(14)19)6-15-17(10)5/h6,8H,1-5H3,(H2,14,19)(H,16,18). The number of hydrogen-bond acceptors (Lipinski definition) is 3. The average Bonchev–Trinajstić information content (AvgIpc) is 2.54. The molecule has 0 saturated heterocycles. The number of nitrogens with one attached hydrogen (secondary N) is 1. The predicted molar refractivity (Wildman–Crippen MR) is 78.8 cm³/mol. The Kier molecular flexibility index (Phi) is 2.97. The first-order valence-electron chi connectivity index (χ1n) is 6.23. The van der Waals surface area contributed by atoms with E-state index in [0.717, 1.165) is 0 Å². The summed E-state index contributed by atoms with van der Waals surface area (Å²) in [6.45, 7) is 8.42. The number of rotatable bonds is 3. The molecule has 0 atom stereocenters. The smallest absolute Gasteiger partial charge is 0.229 e. The fraction of sp³-hybridized carbons (Fsp3) is 0.615. The minimum absolute atomic E-state index is 0.000929. The fourth-order valence-corrected chi connectivity index (χ4v) is 2.96. The molecule has 0 unspecified atom stereocenters. The predicted octanol–water partition coefficient (Wildman–Crippen LogP) is 1.67. The quantitative estimate of drug-likeness (QED) is 0.826. The first-order chi connectivity index (χ1) is 8.60. The summed E-state index contributed by atoms with van der Waals surface area (Å²) in [5.74, 6) is 0.543. The van der Waals surface area contributed by atoms with Crippen LogP contribution in [0.15, 0.2) is 6.20 Å². The number of carbonyl (C=O) groups excluding carboxylic acids is 1. The molecule has 5 nitrogen and oxygen atoms in total. The molecule has 3 N–H and O–H groups in total. The van der Waals surface area contributed by atoms with Crippen molar-refractivity contribution in [3.05, 3.63) is 11.8 Å². The Morgan fingerprint density at radius 3 is 2.37 bits per heavy atom. The van der Waals surface area contributed by atoms with Crippen molar-refractivity contribution in [2.45, 2.75) is 27.7 Å². The van der Waals surface area contributed by atoms with Crippen LogP contribution in [0, 0.1) is 16.7 Å². The lowest BCUT2D eigenvalue weighted by Crippen LogP contribution is -2.22. The van der Waals surface area contributed by atoms with Crippen molar-refractivity contribution in [2.24, 2.45) is 29.5 Å². The minimum atomic E-state index is -0.0194. The van der Waals surface area contributed by atoms with E-state index < -0.39 is 0 Å². The molecular weight excluding hydrogens is 260 g/mol. The Hall–Kier alpha value is -1.43. The number of hydrogen-bond donors (Lipinski definition) is 2. The van der Waals surface area contributed by atoms with Gasteiger partial charge in [-0.25, -0.2) is 0 Å². The Labute approximate surface area is 118 Å².